The zero-order valence-electron chi connectivity index (χ0n) is 10.6. The predicted octanol–water partition coefficient (Wildman–Crippen LogP) is 1.80. The molecule has 88 valence electrons. The van der Waals surface area contributed by atoms with Crippen LogP contribution in [0.3, 0.4) is 0 Å². The van der Waals surface area contributed by atoms with E-state index in [0.717, 1.165) is 12.8 Å². The van der Waals surface area contributed by atoms with Gasteiger partial charge in [-0.2, -0.15) is 0 Å². The fraction of sp³-hybridized carbons (Fsp3) is 0.750. The van der Waals surface area contributed by atoms with Gasteiger partial charge >= 0.3 is 0 Å². The quantitative estimate of drug-likeness (QED) is 0.681. The normalized spacial score (nSPS) is 13.4. The van der Waals surface area contributed by atoms with Crippen molar-refractivity contribution in [3.63, 3.8) is 0 Å². The van der Waals surface area contributed by atoms with Crippen LogP contribution in [0.1, 0.15) is 33.6 Å². The molecule has 0 bridgehead atoms. The van der Waals surface area contributed by atoms with Crippen LogP contribution in [-0.2, 0) is 4.79 Å². The molecule has 0 aliphatic rings. The van der Waals surface area contributed by atoms with Crippen LogP contribution in [0.15, 0.2) is 12.7 Å². The first-order chi connectivity index (χ1) is 6.81. The average Bonchev–Trinajstić information content (AvgIpc) is 2.12. The monoisotopic (exact) mass is 212 g/mol. The van der Waals surface area contributed by atoms with Crippen molar-refractivity contribution < 1.29 is 4.79 Å². The first-order valence-electron chi connectivity index (χ1n) is 5.41. The van der Waals surface area contributed by atoms with Gasteiger partial charge in [0.05, 0.1) is 5.54 Å². The summed E-state index contributed by atoms with van der Waals surface area (Å²) in [5.74, 6) is 0.105. The van der Waals surface area contributed by atoms with E-state index < -0.39 is 5.54 Å². The van der Waals surface area contributed by atoms with E-state index in [-0.39, 0.29) is 5.91 Å². The third-order valence-electron chi connectivity index (χ3n) is 2.35. The Morgan fingerprint density at radius 3 is 2.47 bits per heavy atom. The first-order valence-corrected chi connectivity index (χ1v) is 5.41. The summed E-state index contributed by atoms with van der Waals surface area (Å²) >= 11 is 0. The van der Waals surface area contributed by atoms with E-state index in [9.17, 15) is 4.79 Å². The summed E-state index contributed by atoms with van der Waals surface area (Å²) in [5.41, 5.74) is -0.496. The van der Waals surface area contributed by atoms with E-state index in [4.69, 9.17) is 0 Å². The summed E-state index contributed by atoms with van der Waals surface area (Å²) in [7, 11) is 3.56. The maximum Gasteiger partial charge on any atom is 0.241 e. The molecule has 0 aliphatic heterocycles. The topological polar surface area (TPSA) is 32.3 Å². The lowest BCUT2D eigenvalue weighted by atomic mass is 10.0. The molecule has 1 amide bonds. The van der Waals surface area contributed by atoms with E-state index in [1.165, 1.54) is 0 Å². The van der Waals surface area contributed by atoms with Gasteiger partial charge in [-0.15, -0.1) is 6.58 Å². The second kappa shape index (κ2) is 5.91. The highest BCUT2D eigenvalue weighted by Crippen LogP contribution is 2.09. The maximum absolute atomic E-state index is 11.8. The van der Waals surface area contributed by atoms with Crippen LogP contribution >= 0.6 is 0 Å². The summed E-state index contributed by atoms with van der Waals surface area (Å²) in [6, 6.07) is 0.321. The minimum Gasteiger partial charge on any atom is -0.347 e. The molecule has 0 aliphatic carbocycles. The number of amides is 1. The minimum atomic E-state index is -0.496. The van der Waals surface area contributed by atoms with Gasteiger partial charge in [-0.1, -0.05) is 6.08 Å². The maximum atomic E-state index is 11.8. The van der Waals surface area contributed by atoms with Crippen molar-refractivity contribution in [3.05, 3.63) is 12.7 Å². The second-order valence-electron chi connectivity index (χ2n) is 4.74. The molecule has 0 aromatic rings. The number of hydrogen-bond donors (Lipinski definition) is 1. The van der Waals surface area contributed by atoms with Crippen LogP contribution in [0, 0.1) is 0 Å². The fourth-order valence-corrected chi connectivity index (χ4v) is 1.68. The van der Waals surface area contributed by atoms with E-state index in [0.29, 0.717) is 6.04 Å². The van der Waals surface area contributed by atoms with Gasteiger partial charge in [0.2, 0.25) is 5.91 Å². The van der Waals surface area contributed by atoms with Gasteiger partial charge in [0.1, 0.15) is 0 Å². The molecule has 0 radical (unpaired) electrons. The third-order valence-corrected chi connectivity index (χ3v) is 2.35. The van der Waals surface area contributed by atoms with Crippen LogP contribution in [0.4, 0.5) is 0 Å². The molecular formula is C12H24N2O. The molecule has 0 spiro atoms. The number of nitrogens with one attached hydrogen (secondary N) is 1. The van der Waals surface area contributed by atoms with Crippen molar-refractivity contribution >= 4 is 5.91 Å². The van der Waals surface area contributed by atoms with Crippen molar-refractivity contribution in [2.45, 2.75) is 45.2 Å². The molecule has 3 heteroatoms. The van der Waals surface area contributed by atoms with Crippen LogP contribution in [0.25, 0.3) is 0 Å². The summed E-state index contributed by atoms with van der Waals surface area (Å²) in [4.78, 5) is 13.4. The molecule has 1 unspecified atom stereocenters. The summed E-state index contributed by atoms with van der Waals surface area (Å²) in [5, 5.41) is 3.33. The Morgan fingerprint density at radius 1 is 1.53 bits per heavy atom. The van der Waals surface area contributed by atoms with Gasteiger partial charge in [-0.3, -0.25) is 4.79 Å². The number of nitrogens with zero attached hydrogens (tertiary/aromatic N) is 1. The highest BCUT2D eigenvalue weighted by molar-refractivity contribution is 5.85. The summed E-state index contributed by atoms with van der Waals surface area (Å²) in [6.45, 7) is 9.61. The van der Waals surface area contributed by atoms with E-state index in [1.807, 2.05) is 19.9 Å². The Labute approximate surface area is 93.5 Å². The lowest BCUT2D eigenvalue weighted by molar-refractivity contribution is -0.134. The minimum absolute atomic E-state index is 0.105. The Hall–Kier alpha value is -0.830. The molecule has 15 heavy (non-hydrogen) atoms. The largest absolute Gasteiger partial charge is 0.347 e. The van der Waals surface area contributed by atoms with E-state index in [1.54, 1.807) is 19.0 Å². The van der Waals surface area contributed by atoms with Crippen molar-refractivity contribution in [3.8, 4) is 0 Å². The molecule has 0 aromatic carbocycles. The number of rotatable bonds is 6. The predicted molar refractivity (Wildman–Crippen MR) is 64.8 cm³/mol. The van der Waals surface area contributed by atoms with Crippen molar-refractivity contribution in [2.24, 2.45) is 0 Å². The standard InChI is InChI=1S/C12H24N2O/c1-7-8-9-10(2)13-12(3,4)11(15)14(5)6/h7,10,13H,1,8-9H2,2-6H3. The smallest absolute Gasteiger partial charge is 0.241 e. The molecule has 0 heterocycles. The van der Waals surface area contributed by atoms with Gasteiger partial charge in [0.15, 0.2) is 0 Å². The van der Waals surface area contributed by atoms with Gasteiger partial charge in [0, 0.05) is 20.1 Å². The first kappa shape index (κ1) is 14.2. The van der Waals surface area contributed by atoms with E-state index >= 15 is 0 Å². The number of allylic oxidation sites excluding steroid dienone is 1. The average molecular weight is 212 g/mol. The number of hydrogen-bond acceptors (Lipinski definition) is 2. The molecule has 1 N–H and O–H groups in total. The van der Waals surface area contributed by atoms with Gasteiger partial charge in [0.25, 0.3) is 0 Å². The van der Waals surface area contributed by atoms with Crippen LogP contribution in [0.2, 0.25) is 0 Å². The second-order valence-corrected chi connectivity index (χ2v) is 4.74. The molecule has 0 aromatic heterocycles. The Balaban J connectivity index is 4.23. The highest BCUT2D eigenvalue weighted by Gasteiger charge is 2.29. The molecule has 1 atom stereocenters. The van der Waals surface area contributed by atoms with Crippen molar-refractivity contribution in [1.82, 2.24) is 10.2 Å². The Kier molecular flexibility index (Phi) is 5.58. The van der Waals surface area contributed by atoms with Gasteiger partial charge in [-0.05, 0) is 33.6 Å². The molecule has 0 saturated heterocycles. The van der Waals surface area contributed by atoms with Crippen LogP contribution < -0.4 is 5.32 Å². The van der Waals surface area contributed by atoms with Crippen LogP contribution in [-0.4, -0.2) is 36.5 Å². The van der Waals surface area contributed by atoms with Gasteiger partial charge in [-0.25, -0.2) is 0 Å². The number of carbonyl (C=O) groups is 1. The van der Waals surface area contributed by atoms with Crippen LogP contribution in [0.5, 0.6) is 0 Å². The lowest BCUT2D eigenvalue weighted by Gasteiger charge is -2.31. The number of likely N-dealkylation sites (N-methyl/N-ethyl adjacent to an activating group) is 1. The number of carbonyl (C=O) groups excluding carboxylic acids is 1. The Morgan fingerprint density at radius 2 is 2.07 bits per heavy atom. The molecule has 3 nitrogen and oxygen atoms in total. The third kappa shape index (κ3) is 4.98. The molecule has 0 rings (SSSR count). The van der Waals surface area contributed by atoms with E-state index in [2.05, 4.69) is 18.8 Å². The Bertz CT molecular complexity index is 222. The highest BCUT2D eigenvalue weighted by atomic mass is 16.2. The molecular weight excluding hydrogens is 188 g/mol. The zero-order valence-corrected chi connectivity index (χ0v) is 10.6. The molecule has 0 fully saturated rings. The summed E-state index contributed by atoms with van der Waals surface area (Å²) < 4.78 is 0. The van der Waals surface area contributed by atoms with Gasteiger partial charge < -0.3 is 10.2 Å². The lowest BCUT2D eigenvalue weighted by Crippen LogP contribution is -2.54. The fourth-order valence-electron chi connectivity index (χ4n) is 1.68. The summed E-state index contributed by atoms with van der Waals surface area (Å²) in [6.07, 6.45) is 3.88. The SMILES string of the molecule is C=CCCC(C)NC(C)(C)C(=O)N(C)C. The van der Waals surface area contributed by atoms with Crippen molar-refractivity contribution in [2.75, 3.05) is 14.1 Å². The zero-order chi connectivity index (χ0) is 12.1. The van der Waals surface area contributed by atoms with Crippen molar-refractivity contribution in [1.29, 1.82) is 0 Å². The molecule has 0 saturated carbocycles.